The lowest BCUT2D eigenvalue weighted by Crippen LogP contribution is -2.25. The summed E-state index contributed by atoms with van der Waals surface area (Å²) in [7, 11) is 0. The van der Waals surface area contributed by atoms with Crippen LogP contribution in [0.1, 0.15) is 0 Å². The Balaban J connectivity index is 2.34. The number of aliphatic hydroxyl groups excluding tert-OH is 1. The monoisotopic (exact) mass is 188 g/mol. The van der Waals surface area contributed by atoms with Gasteiger partial charge in [0.25, 0.3) is 5.91 Å². The van der Waals surface area contributed by atoms with Gasteiger partial charge in [-0.3, -0.25) is 4.79 Å². The summed E-state index contributed by atoms with van der Waals surface area (Å²) in [6, 6.07) is 0. The number of aliphatic hydroxyl groups is 1. The summed E-state index contributed by atoms with van der Waals surface area (Å²) >= 11 is 0. The number of nitrogens with one attached hydrogen (secondary N) is 1. The first-order valence-corrected chi connectivity index (χ1v) is 3.93. The van der Waals surface area contributed by atoms with Crippen LogP contribution >= 0.6 is 0 Å². The van der Waals surface area contributed by atoms with Crippen molar-refractivity contribution in [3.05, 3.63) is 0 Å². The van der Waals surface area contributed by atoms with Crippen molar-refractivity contribution in [2.45, 2.75) is 0 Å². The van der Waals surface area contributed by atoms with Gasteiger partial charge in [0, 0.05) is 0 Å². The molecule has 0 radical (unpaired) electrons. The number of hydrogen-bond acceptors (Lipinski definition) is 5. The van der Waals surface area contributed by atoms with E-state index in [0.717, 1.165) is 0 Å². The molecule has 0 aromatic heterocycles. The number of hydrazone groups is 1. The Hall–Kier alpha value is -0.980. The normalized spacial score (nSPS) is 17.8. The molecule has 0 atom stereocenters. The highest BCUT2D eigenvalue weighted by Gasteiger charge is 2.06. The van der Waals surface area contributed by atoms with Gasteiger partial charge >= 0.3 is 0 Å². The maximum absolute atomic E-state index is 10.6. The smallest absolute Gasteiger partial charge is 0.265 e. The molecule has 0 aliphatic carbocycles. The average Bonchev–Trinajstić information content (AvgIpc) is 2.42. The maximum Gasteiger partial charge on any atom is 0.265 e. The van der Waals surface area contributed by atoms with E-state index >= 15 is 0 Å². The van der Waals surface area contributed by atoms with E-state index in [2.05, 4.69) is 10.5 Å². The topological polar surface area (TPSA) is 80.2 Å². The molecule has 6 nitrogen and oxygen atoms in total. The number of amides is 1. The van der Waals surface area contributed by atoms with E-state index in [1.54, 1.807) is 0 Å². The number of hydrogen-bond donors (Lipinski definition) is 2. The SMILES string of the molecule is O=C(CO)NN=C1COCCOC1. The molecule has 1 aliphatic rings. The van der Waals surface area contributed by atoms with Crippen molar-refractivity contribution in [3.8, 4) is 0 Å². The van der Waals surface area contributed by atoms with Gasteiger partial charge in [0.15, 0.2) is 0 Å². The van der Waals surface area contributed by atoms with Crippen molar-refractivity contribution in [2.75, 3.05) is 33.0 Å². The van der Waals surface area contributed by atoms with Crippen molar-refractivity contribution in [3.63, 3.8) is 0 Å². The highest BCUT2D eigenvalue weighted by atomic mass is 16.5. The van der Waals surface area contributed by atoms with Crippen molar-refractivity contribution in [1.82, 2.24) is 5.43 Å². The van der Waals surface area contributed by atoms with Gasteiger partial charge in [0.05, 0.1) is 32.1 Å². The molecule has 1 fully saturated rings. The van der Waals surface area contributed by atoms with Crippen LogP contribution in [0, 0.1) is 0 Å². The van der Waals surface area contributed by atoms with Crippen LogP contribution in [0.25, 0.3) is 0 Å². The zero-order valence-electron chi connectivity index (χ0n) is 7.15. The molecule has 1 saturated heterocycles. The molecule has 13 heavy (non-hydrogen) atoms. The van der Waals surface area contributed by atoms with Gasteiger partial charge < -0.3 is 14.6 Å². The second kappa shape index (κ2) is 5.63. The average molecular weight is 188 g/mol. The Kier molecular flexibility index (Phi) is 4.37. The largest absolute Gasteiger partial charge is 0.386 e. The number of rotatable bonds is 2. The molecule has 0 unspecified atom stereocenters. The summed E-state index contributed by atoms with van der Waals surface area (Å²) in [5, 5.41) is 12.1. The third kappa shape index (κ3) is 3.97. The highest BCUT2D eigenvalue weighted by molar-refractivity contribution is 5.88. The molecular weight excluding hydrogens is 176 g/mol. The van der Waals surface area contributed by atoms with E-state index in [4.69, 9.17) is 14.6 Å². The Morgan fingerprint density at radius 3 is 2.62 bits per heavy atom. The molecule has 1 rings (SSSR count). The fourth-order valence-electron chi connectivity index (χ4n) is 0.781. The molecule has 0 spiro atoms. The first kappa shape index (κ1) is 10.1. The first-order chi connectivity index (χ1) is 6.33. The fraction of sp³-hybridized carbons (Fsp3) is 0.714. The number of carbonyl (C=O) groups excluding carboxylic acids is 1. The third-order valence-corrected chi connectivity index (χ3v) is 1.39. The lowest BCUT2D eigenvalue weighted by atomic mass is 10.4. The minimum absolute atomic E-state index is 0.353. The molecule has 0 saturated carbocycles. The minimum atomic E-state index is -0.571. The molecule has 6 heteroatoms. The predicted octanol–water partition coefficient (Wildman–Crippen LogP) is -1.50. The molecule has 0 aromatic rings. The van der Waals surface area contributed by atoms with Crippen molar-refractivity contribution in [2.24, 2.45) is 5.10 Å². The van der Waals surface area contributed by atoms with Gasteiger partial charge in [-0.2, -0.15) is 5.10 Å². The van der Waals surface area contributed by atoms with E-state index in [9.17, 15) is 4.79 Å². The Labute approximate surface area is 75.5 Å². The lowest BCUT2D eigenvalue weighted by Gasteiger charge is -2.01. The fourth-order valence-corrected chi connectivity index (χ4v) is 0.781. The van der Waals surface area contributed by atoms with E-state index in [1.807, 2.05) is 0 Å². The van der Waals surface area contributed by atoms with Gasteiger partial charge in [-0.15, -0.1) is 0 Å². The van der Waals surface area contributed by atoms with Crippen molar-refractivity contribution < 1.29 is 19.4 Å². The van der Waals surface area contributed by atoms with E-state index in [0.29, 0.717) is 32.1 Å². The van der Waals surface area contributed by atoms with Crippen LogP contribution in [-0.4, -0.2) is 49.8 Å². The zero-order valence-corrected chi connectivity index (χ0v) is 7.15. The zero-order chi connectivity index (χ0) is 9.52. The molecule has 0 aromatic carbocycles. The lowest BCUT2D eigenvalue weighted by molar-refractivity contribution is -0.123. The molecule has 2 N–H and O–H groups in total. The van der Waals surface area contributed by atoms with E-state index in [-0.39, 0.29) is 0 Å². The van der Waals surface area contributed by atoms with Gasteiger partial charge in [0.2, 0.25) is 0 Å². The summed E-state index contributed by atoms with van der Waals surface area (Å²) in [6.07, 6.45) is 0. The summed E-state index contributed by atoms with van der Waals surface area (Å²) in [5.74, 6) is -0.545. The van der Waals surface area contributed by atoms with Crippen molar-refractivity contribution in [1.29, 1.82) is 0 Å². The van der Waals surface area contributed by atoms with Crippen LogP contribution in [0.15, 0.2) is 5.10 Å². The molecular formula is C7H12N2O4. The number of carbonyl (C=O) groups is 1. The standard InChI is InChI=1S/C7H12N2O4/c10-3-7(11)9-8-6-4-12-1-2-13-5-6/h10H,1-5H2,(H,9,11). The Morgan fingerprint density at radius 2 is 2.08 bits per heavy atom. The van der Waals surface area contributed by atoms with Crippen LogP contribution in [0.5, 0.6) is 0 Å². The summed E-state index contributed by atoms with van der Waals surface area (Å²) in [6.45, 7) is 1.20. The van der Waals surface area contributed by atoms with Crippen LogP contribution in [0.3, 0.4) is 0 Å². The molecule has 74 valence electrons. The maximum atomic E-state index is 10.6. The summed E-state index contributed by atoms with van der Waals surface area (Å²) in [4.78, 5) is 10.6. The highest BCUT2D eigenvalue weighted by Crippen LogP contribution is 1.90. The van der Waals surface area contributed by atoms with Crippen LogP contribution < -0.4 is 5.43 Å². The quantitative estimate of drug-likeness (QED) is 0.517. The van der Waals surface area contributed by atoms with Crippen LogP contribution in [0.4, 0.5) is 0 Å². The Bertz CT molecular complexity index is 195. The molecule has 1 amide bonds. The van der Waals surface area contributed by atoms with Gasteiger partial charge in [-0.1, -0.05) is 0 Å². The van der Waals surface area contributed by atoms with Gasteiger partial charge in [-0.05, 0) is 0 Å². The third-order valence-electron chi connectivity index (χ3n) is 1.39. The second-order valence-electron chi connectivity index (χ2n) is 2.48. The summed E-state index contributed by atoms with van der Waals surface area (Å²) in [5.41, 5.74) is 2.78. The predicted molar refractivity (Wildman–Crippen MR) is 44.3 cm³/mol. The molecule has 0 bridgehead atoms. The number of nitrogens with zero attached hydrogens (tertiary/aromatic N) is 1. The Morgan fingerprint density at radius 1 is 1.46 bits per heavy atom. The van der Waals surface area contributed by atoms with E-state index < -0.39 is 12.5 Å². The van der Waals surface area contributed by atoms with Crippen molar-refractivity contribution >= 4 is 11.6 Å². The van der Waals surface area contributed by atoms with E-state index in [1.165, 1.54) is 0 Å². The number of ether oxygens (including phenoxy) is 2. The second-order valence-corrected chi connectivity index (χ2v) is 2.48. The van der Waals surface area contributed by atoms with Crippen LogP contribution in [0.2, 0.25) is 0 Å². The first-order valence-electron chi connectivity index (χ1n) is 3.93. The van der Waals surface area contributed by atoms with Gasteiger partial charge in [-0.25, -0.2) is 5.43 Å². The molecule has 1 aliphatic heterocycles. The minimum Gasteiger partial charge on any atom is -0.386 e. The van der Waals surface area contributed by atoms with Gasteiger partial charge in [0.1, 0.15) is 6.61 Å². The summed E-state index contributed by atoms with van der Waals surface area (Å²) < 4.78 is 10.2. The molecule has 1 heterocycles. The van der Waals surface area contributed by atoms with Crippen LogP contribution in [-0.2, 0) is 14.3 Å².